The Morgan fingerprint density at radius 2 is 0.845 bits per heavy atom. The molecule has 272 valence electrons. The number of anilines is 3. The van der Waals surface area contributed by atoms with Crippen molar-refractivity contribution in [1.29, 1.82) is 0 Å². The molecule has 11 rings (SSSR count). The van der Waals surface area contributed by atoms with Crippen LogP contribution in [0.25, 0.3) is 77.2 Å². The average molecular weight is 740 g/mol. The second-order valence-electron chi connectivity index (χ2n) is 14.9. The predicted molar refractivity (Wildman–Crippen MR) is 243 cm³/mol. The van der Waals surface area contributed by atoms with Gasteiger partial charge in [0, 0.05) is 27.9 Å². The summed E-state index contributed by atoms with van der Waals surface area (Å²) in [4.78, 5) is 2.40. The zero-order chi connectivity index (χ0) is 38.4. The molecule has 2 heteroatoms. The highest BCUT2D eigenvalue weighted by Gasteiger charge is 2.22. The lowest BCUT2D eigenvalue weighted by Gasteiger charge is -2.29. The van der Waals surface area contributed by atoms with Gasteiger partial charge in [-0.1, -0.05) is 176 Å². The van der Waals surface area contributed by atoms with Gasteiger partial charge >= 0.3 is 0 Å². The number of hydrogen-bond donors (Lipinski definition) is 0. The molecule has 58 heavy (non-hydrogen) atoms. The molecule has 0 aromatic heterocycles. The molecule has 10 aromatic carbocycles. The zero-order valence-electron chi connectivity index (χ0n) is 31.7. The molecule has 0 amide bonds. The number of hydrogen-bond acceptors (Lipinski definition) is 2. The van der Waals surface area contributed by atoms with Gasteiger partial charge in [0.15, 0.2) is 0 Å². The standard InChI is InChI=1S/C56H37NO/c1-2-12-38(13-3-1)39-26-28-40(29-27-39)41-30-33-46(34-31-41)57(53-24-7-6-21-50(53)49-22-9-15-42-14-4-5-20-48(42)49)47-19-8-18-44(36-47)45-32-35-54-52(37-45)51-23-10-16-43-17-11-25-55(58-54)56(43)51/h1-37H. The van der Waals surface area contributed by atoms with Gasteiger partial charge in [0.25, 0.3) is 0 Å². The Labute approximate surface area is 338 Å². The molecule has 0 bridgehead atoms. The van der Waals surface area contributed by atoms with E-state index in [2.05, 4.69) is 229 Å². The number of rotatable bonds is 7. The average Bonchev–Trinajstić information content (AvgIpc) is 3.30. The van der Waals surface area contributed by atoms with Gasteiger partial charge < -0.3 is 9.64 Å². The van der Waals surface area contributed by atoms with Crippen LogP contribution in [0, 0.1) is 0 Å². The highest BCUT2D eigenvalue weighted by molar-refractivity contribution is 6.05. The maximum Gasteiger partial charge on any atom is 0.135 e. The van der Waals surface area contributed by atoms with Crippen molar-refractivity contribution in [2.75, 3.05) is 4.90 Å². The molecule has 1 heterocycles. The summed E-state index contributed by atoms with van der Waals surface area (Å²) in [6.07, 6.45) is 0. The Morgan fingerprint density at radius 3 is 1.66 bits per heavy atom. The van der Waals surface area contributed by atoms with E-state index in [1.807, 2.05) is 0 Å². The van der Waals surface area contributed by atoms with Crippen LogP contribution in [0.1, 0.15) is 0 Å². The predicted octanol–water partition coefficient (Wildman–Crippen LogP) is 15.9. The Hall–Kier alpha value is -7.68. The molecule has 10 aromatic rings. The van der Waals surface area contributed by atoms with Gasteiger partial charge in [-0.15, -0.1) is 0 Å². The van der Waals surface area contributed by atoms with Gasteiger partial charge in [0.2, 0.25) is 0 Å². The van der Waals surface area contributed by atoms with Crippen molar-refractivity contribution in [2.24, 2.45) is 0 Å². The molecule has 0 N–H and O–H groups in total. The van der Waals surface area contributed by atoms with E-state index in [-0.39, 0.29) is 0 Å². The molecule has 2 nitrogen and oxygen atoms in total. The van der Waals surface area contributed by atoms with Gasteiger partial charge in [-0.05, 0) is 109 Å². The van der Waals surface area contributed by atoms with E-state index in [9.17, 15) is 0 Å². The molecule has 1 aliphatic rings. The van der Waals surface area contributed by atoms with Crippen LogP contribution in [0.4, 0.5) is 17.1 Å². The monoisotopic (exact) mass is 739 g/mol. The maximum absolute atomic E-state index is 6.46. The minimum Gasteiger partial charge on any atom is -0.456 e. The maximum atomic E-state index is 6.46. The highest BCUT2D eigenvalue weighted by Crippen LogP contribution is 2.48. The van der Waals surface area contributed by atoms with E-state index in [4.69, 9.17) is 4.74 Å². The Kier molecular flexibility index (Phi) is 8.19. The van der Waals surface area contributed by atoms with E-state index >= 15 is 0 Å². The van der Waals surface area contributed by atoms with Crippen LogP contribution in [0.3, 0.4) is 0 Å². The third-order valence-corrected chi connectivity index (χ3v) is 11.5. The van der Waals surface area contributed by atoms with Crippen LogP contribution >= 0.6 is 0 Å². The topological polar surface area (TPSA) is 12.5 Å². The largest absolute Gasteiger partial charge is 0.456 e. The number of nitrogens with zero attached hydrogens (tertiary/aromatic N) is 1. The first-order valence-electron chi connectivity index (χ1n) is 19.8. The molecule has 0 fully saturated rings. The lowest BCUT2D eigenvalue weighted by molar-refractivity contribution is 0.487. The molecule has 1 aliphatic heterocycles. The molecule has 0 radical (unpaired) electrons. The third-order valence-electron chi connectivity index (χ3n) is 11.5. The van der Waals surface area contributed by atoms with Crippen molar-refractivity contribution >= 4 is 38.6 Å². The lowest BCUT2D eigenvalue weighted by Crippen LogP contribution is -2.11. The Morgan fingerprint density at radius 1 is 0.293 bits per heavy atom. The zero-order valence-corrected chi connectivity index (χ0v) is 31.7. The van der Waals surface area contributed by atoms with E-state index in [1.54, 1.807) is 0 Å². The summed E-state index contributed by atoms with van der Waals surface area (Å²) in [5, 5.41) is 4.80. The summed E-state index contributed by atoms with van der Waals surface area (Å²) in [6, 6.07) is 80.7. The minimum atomic E-state index is 0.881. The fraction of sp³-hybridized carbons (Fsp3) is 0. The molecule has 0 atom stereocenters. The quantitative estimate of drug-likeness (QED) is 0.161. The van der Waals surface area contributed by atoms with Crippen LogP contribution in [0.2, 0.25) is 0 Å². The van der Waals surface area contributed by atoms with Gasteiger partial charge in [-0.3, -0.25) is 0 Å². The number of ether oxygens (including phenoxy) is 1. The van der Waals surface area contributed by atoms with Crippen molar-refractivity contribution in [1.82, 2.24) is 0 Å². The molecular formula is C56H37NO. The van der Waals surface area contributed by atoms with Crippen LogP contribution in [-0.2, 0) is 0 Å². The van der Waals surface area contributed by atoms with Crippen molar-refractivity contribution in [2.45, 2.75) is 0 Å². The molecule has 0 saturated carbocycles. The first-order valence-corrected chi connectivity index (χ1v) is 19.8. The van der Waals surface area contributed by atoms with E-state index in [1.165, 1.54) is 55.1 Å². The molecular weight excluding hydrogens is 703 g/mol. The minimum absolute atomic E-state index is 0.881. The van der Waals surface area contributed by atoms with Gasteiger partial charge in [-0.25, -0.2) is 0 Å². The summed E-state index contributed by atoms with van der Waals surface area (Å²) < 4.78 is 6.46. The third kappa shape index (κ3) is 5.91. The first-order chi connectivity index (χ1) is 28.7. The lowest BCUT2D eigenvalue weighted by atomic mass is 9.92. The molecule has 0 saturated heterocycles. The van der Waals surface area contributed by atoms with E-state index < -0.39 is 0 Å². The van der Waals surface area contributed by atoms with Crippen LogP contribution in [0.5, 0.6) is 11.5 Å². The summed E-state index contributed by atoms with van der Waals surface area (Å²) >= 11 is 0. The number of para-hydroxylation sites is 1. The van der Waals surface area contributed by atoms with Crippen LogP contribution in [0.15, 0.2) is 224 Å². The molecule has 0 unspecified atom stereocenters. The summed E-state index contributed by atoms with van der Waals surface area (Å²) in [5.74, 6) is 1.79. The Bertz CT molecular complexity index is 3120. The summed E-state index contributed by atoms with van der Waals surface area (Å²) in [7, 11) is 0. The van der Waals surface area contributed by atoms with Crippen molar-refractivity contribution < 1.29 is 4.74 Å². The SMILES string of the molecule is c1ccc(-c2ccc(-c3ccc(N(c4cccc(-c5ccc6c(c5)-c5cccc7cccc(c57)O6)c4)c4ccccc4-c4cccc5ccccc45)cc3)cc2)cc1. The number of fused-ring (bicyclic) bond motifs is 3. The molecule has 0 aliphatic carbocycles. The van der Waals surface area contributed by atoms with Crippen molar-refractivity contribution in [3.63, 3.8) is 0 Å². The first kappa shape index (κ1) is 33.6. The fourth-order valence-electron chi connectivity index (χ4n) is 8.64. The molecule has 0 spiro atoms. The van der Waals surface area contributed by atoms with Gasteiger partial charge in [0.05, 0.1) is 5.69 Å². The smallest absolute Gasteiger partial charge is 0.135 e. The number of benzene rings is 10. The van der Waals surface area contributed by atoms with E-state index in [0.717, 1.165) is 50.6 Å². The van der Waals surface area contributed by atoms with Crippen LogP contribution in [-0.4, -0.2) is 0 Å². The second-order valence-corrected chi connectivity index (χ2v) is 14.9. The normalized spacial score (nSPS) is 11.6. The highest BCUT2D eigenvalue weighted by atomic mass is 16.5. The summed E-state index contributed by atoms with van der Waals surface area (Å²) in [5.41, 5.74) is 15.0. The van der Waals surface area contributed by atoms with Crippen molar-refractivity contribution in [3.05, 3.63) is 224 Å². The summed E-state index contributed by atoms with van der Waals surface area (Å²) in [6.45, 7) is 0. The fourth-order valence-corrected chi connectivity index (χ4v) is 8.64. The van der Waals surface area contributed by atoms with Crippen molar-refractivity contribution in [3.8, 4) is 67.1 Å². The van der Waals surface area contributed by atoms with E-state index in [0.29, 0.717) is 0 Å². The van der Waals surface area contributed by atoms with Gasteiger partial charge in [-0.2, -0.15) is 0 Å². The second kappa shape index (κ2) is 14.1. The Balaban J connectivity index is 1.03. The van der Waals surface area contributed by atoms with Gasteiger partial charge in [0.1, 0.15) is 11.5 Å². The van der Waals surface area contributed by atoms with Crippen LogP contribution < -0.4 is 9.64 Å².